The molecule has 1 aromatic carbocycles. The molecule has 1 heterocycles. The van der Waals surface area contributed by atoms with Crippen LogP contribution in [0.4, 0.5) is 0 Å². The van der Waals surface area contributed by atoms with Crippen LogP contribution in [0.5, 0.6) is 0 Å². The molecular formula is C19H24BrNO3. The molecule has 3 rings (SSSR count). The first kappa shape index (κ1) is 17.5. The molecule has 4 nitrogen and oxygen atoms in total. The molecule has 1 N–H and O–H groups in total. The summed E-state index contributed by atoms with van der Waals surface area (Å²) in [5, 5.41) is 9.07. The molecule has 24 heavy (non-hydrogen) atoms. The number of carboxylic acid groups (broad SMARTS) is 1. The normalized spacial score (nSPS) is 25.5. The van der Waals surface area contributed by atoms with E-state index in [1.54, 1.807) is 0 Å². The number of carboxylic acids is 1. The highest BCUT2D eigenvalue weighted by atomic mass is 79.9. The summed E-state index contributed by atoms with van der Waals surface area (Å²) in [7, 11) is 0. The van der Waals surface area contributed by atoms with Crippen molar-refractivity contribution in [2.75, 3.05) is 13.1 Å². The third kappa shape index (κ3) is 4.00. The van der Waals surface area contributed by atoms with Crippen LogP contribution in [0.1, 0.15) is 50.0 Å². The number of aliphatic carboxylic acids is 1. The molecule has 0 bridgehead atoms. The lowest BCUT2D eigenvalue weighted by atomic mass is 9.81. The average molecular weight is 394 g/mol. The Morgan fingerprint density at radius 3 is 2.00 bits per heavy atom. The molecule has 0 radical (unpaired) electrons. The van der Waals surface area contributed by atoms with E-state index in [0.717, 1.165) is 43.2 Å². The van der Waals surface area contributed by atoms with E-state index < -0.39 is 5.97 Å². The molecule has 0 aromatic heterocycles. The number of hydrogen-bond acceptors (Lipinski definition) is 2. The Hall–Kier alpha value is -1.36. The highest BCUT2D eigenvalue weighted by molar-refractivity contribution is 9.10. The second-order valence-electron chi connectivity index (χ2n) is 7.04. The van der Waals surface area contributed by atoms with E-state index in [4.69, 9.17) is 5.11 Å². The first-order chi connectivity index (χ1) is 11.5. The number of hydrogen-bond donors (Lipinski definition) is 1. The van der Waals surface area contributed by atoms with Crippen LogP contribution in [-0.4, -0.2) is 35.0 Å². The Balaban J connectivity index is 1.50. The second kappa shape index (κ2) is 7.68. The lowest BCUT2D eigenvalue weighted by molar-refractivity contribution is -0.146. The molecule has 2 fully saturated rings. The first-order valence-electron chi connectivity index (χ1n) is 8.81. The third-order valence-corrected chi connectivity index (χ3v) is 6.10. The van der Waals surface area contributed by atoms with Crippen molar-refractivity contribution in [2.24, 2.45) is 11.8 Å². The topological polar surface area (TPSA) is 57.6 Å². The molecule has 1 saturated carbocycles. The van der Waals surface area contributed by atoms with E-state index in [1.165, 1.54) is 5.56 Å². The Morgan fingerprint density at radius 2 is 1.46 bits per heavy atom. The molecule has 0 atom stereocenters. The van der Waals surface area contributed by atoms with Gasteiger partial charge >= 0.3 is 5.97 Å². The van der Waals surface area contributed by atoms with E-state index >= 15 is 0 Å². The molecule has 1 aromatic rings. The van der Waals surface area contributed by atoms with Gasteiger partial charge in [0, 0.05) is 23.5 Å². The van der Waals surface area contributed by atoms with Crippen molar-refractivity contribution >= 4 is 27.8 Å². The van der Waals surface area contributed by atoms with Crippen molar-refractivity contribution in [3.8, 4) is 0 Å². The van der Waals surface area contributed by atoms with Gasteiger partial charge in [-0.25, -0.2) is 0 Å². The number of benzene rings is 1. The Labute approximate surface area is 151 Å². The summed E-state index contributed by atoms with van der Waals surface area (Å²) in [5.41, 5.74) is 1.35. The summed E-state index contributed by atoms with van der Waals surface area (Å²) in [5.74, 6) is -0.156. The minimum Gasteiger partial charge on any atom is -0.481 e. The fraction of sp³-hybridized carbons (Fsp3) is 0.579. The van der Waals surface area contributed by atoms with Crippen molar-refractivity contribution in [3.05, 3.63) is 34.3 Å². The van der Waals surface area contributed by atoms with Crippen LogP contribution in [0.3, 0.4) is 0 Å². The molecular weight excluding hydrogens is 370 g/mol. The lowest BCUT2D eigenvalue weighted by Crippen LogP contribution is -2.42. The quantitative estimate of drug-likeness (QED) is 0.842. The van der Waals surface area contributed by atoms with E-state index in [-0.39, 0.29) is 17.7 Å². The second-order valence-corrected chi connectivity index (χ2v) is 7.95. The first-order valence-corrected chi connectivity index (χ1v) is 9.61. The number of rotatable bonds is 3. The number of carbonyl (C=O) groups is 2. The number of amides is 1. The van der Waals surface area contributed by atoms with Gasteiger partial charge in [0.1, 0.15) is 0 Å². The monoisotopic (exact) mass is 393 g/mol. The summed E-state index contributed by atoms with van der Waals surface area (Å²) < 4.78 is 1.09. The molecule has 0 unspecified atom stereocenters. The van der Waals surface area contributed by atoms with Gasteiger partial charge in [-0.1, -0.05) is 28.1 Å². The molecule has 130 valence electrons. The maximum Gasteiger partial charge on any atom is 0.306 e. The largest absolute Gasteiger partial charge is 0.481 e. The van der Waals surface area contributed by atoms with Gasteiger partial charge in [-0.2, -0.15) is 0 Å². The van der Waals surface area contributed by atoms with Crippen LogP contribution in [0, 0.1) is 11.8 Å². The van der Waals surface area contributed by atoms with Crippen molar-refractivity contribution in [3.63, 3.8) is 0 Å². The summed E-state index contributed by atoms with van der Waals surface area (Å²) >= 11 is 3.47. The van der Waals surface area contributed by atoms with Crippen molar-refractivity contribution in [1.29, 1.82) is 0 Å². The lowest BCUT2D eigenvalue weighted by Gasteiger charge is -2.36. The molecule has 0 spiro atoms. The molecule has 1 saturated heterocycles. The molecule has 1 aliphatic heterocycles. The predicted octanol–water partition coefficient (Wildman–Crippen LogP) is 4.05. The van der Waals surface area contributed by atoms with E-state index in [9.17, 15) is 9.59 Å². The van der Waals surface area contributed by atoms with Gasteiger partial charge in [0.15, 0.2) is 0 Å². The Morgan fingerprint density at radius 1 is 0.917 bits per heavy atom. The summed E-state index contributed by atoms with van der Waals surface area (Å²) in [6.07, 6.45) is 4.75. The van der Waals surface area contributed by atoms with Crippen LogP contribution in [0.15, 0.2) is 28.7 Å². The fourth-order valence-electron chi connectivity index (χ4n) is 4.01. The zero-order chi connectivity index (χ0) is 17.1. The Kier molecular flexibility index (Phi) is 5.59. The van der Waals surface area contributed by atoms with Crippen LogP contribution >= 0.6 is 15.9 Å². The highest BCUT2D eigenvalue weighted by Crippen LogP contribution is 2.33. The molecule has 2 aliphatic rings. The Bertz CT molecular complexity index is 585. The fourth-order valence-corrected chi connectivity index (χ4v) is 4.28. The number of halogens is 1. The van der Waals surface area contributed by atoms with E-state index in [0.29, 0.717) is 18.8 Å². The van der Waals surface area contributed by atoms with Crippen LogP contribution < -0.4 is 0 Å². The molecule has 1 aliphatic carbocycles. The van der Waals surface area contributed by atoms with Gasteiger partial charge in [0.05, 0.1) is 5.92 Å². The van der Waals surface area contributed by atoms with Crippen LogP contribution in [-0.2, 0) is 9.59 Å². The summed E-state index contributed by atoms with van der Waals surface area (Å²) in [4.78, 5) is 25.7. The van der Waals surface area contributed by atoms with Gasteiger partial charge in [-0.3, -0.25) is 9.59 Å². The van der Waals surface area contributed by atoms with Crippen molar-refractivity contribution < 1.29 is 14.7 Å². The van der Waals surface area contributed by atoms with Gasteiger partial charge in [-0.15, -0.1) is 0 Å². The number of piperidine rings is 1. The minimum absolute atomic E-state index is 0.0323. The highest BCUT2D eigenvalue weighted by Gasteiger charge is 2.33. The smallest absolute Gasteiger partial charge is 0.306 e. The van der Waals surface area contributed by atoms with E-state index in [2.05, 4.69) is 40.2 Å². The number of nitrogens with zero attached hydrogens (tertiary/aromatic N) is 1. The molecule has 5 heteroatoms. The third-order valence-electron chi connectivity index (χ3n) is 5.57. The minimum atomic E-state index is -0.712. The summed E-state index contributed by atoms with van der Waals surface area (Å²) in [6.45, 7) is 1.64. The van der Waals surface area contributed by atoms with Gasteiger partial charge in [0.2, 0.25) is 5.91 Å². The number of carbonyl (C=O) groups excluding carboxylic acids is 1. The predicted molar refractivity (Wildman–Crippen MR) is 95.8 cm³/mol. The SMILES string of the molecule is O=C(O)C1CCC(C(=O)N2CCC(c3ccc(Br)cc3)CC2)CC1. The maximum absolute atomic E-state index is 12.7. The molecule has 1 amide bonds. The standard InChI is InChI=1S/C19H24BrNO3/c20-17-7-5-13(6-8-17)14-9-11-21(12-10-14)18(22)15-1-3-16(4-2-15)19(23)24/h5-8,14-16H,1-4,9-12H2,(H,23,24). The van der Waals surface area contributed by atoms with Gasteiger partial charge < -0.3 is 10.0 Å². The van der Waals surface area contributed by atoms with Crippen molar-refractivity contribution in [1.82, 2.24) is 4.90 Å². The average Bonchev–Trinajstić information content (AvgIpc) is 2.62. The van der Waals surface area contributed by atoms with Crippen molar-refractivity contribution in [2.45, 2.75) is 44.4 Å². The maximum atomic E-state index is 12.7. The zero-order valence-corrected chi connectivity index (χ0v) is 15.4. The van der Waals surface area contributed by atoms with Crippen LogP contribution in [0.25, 0.3) is 0 Å². The van der Waals surface area contributed by atoms with Crippen LogP contribution in [0.2, 0.25) is 0 Å². The summed E-state index contributed by atoms with van der Waals surface area (Å²) in [6, 6.07) is 8.49. The zero-order valence-electron chi connectivity index (χ0n) is 13.8. The van der Waals surface area contributed by atoms with E-state index in [1.807, 2.05) is 4.90 Å². The van der Waals surface area contributed by atoms with Gasteiger partial charge in [0.25, 0.3) is 0 Å². The van der Waals surface area contributed by atoms with Gasteiger partial charge in [-0.05, 0) is 62.1 Å². The number of likely N-dealkylation sites (tertiary alicyclic amines) is 1.